The molecule has 2 unspecified atom stereocenters. The molecule has 18 heavy (non-hydrogen) atoms. The number of amides is 1. The fraction of sp³-hybridized carbons (Fsp3) is 0.583. The Hall–Kier alpha value is -1.43. The normalized spacial score (nSPS) is 14.0. The molecular weight excluding hydrogens is 252 g/mol. The third-order valence-electron chi connectivity index (χ3n) is 2.88. The highest BCUT2D eigenvalue weighted by Gasteiger charge is 2.27. The molecule has 5 nitrogen and oxygen atoms in total. The lowest BCUT2D eigenvalue weighted by Gasteiger charge is -2.19. The Kier molecular flexibility index (Phi) is 4.84. The summed E-state index contributed by atoms with van der Waals surface area (Å²) >= 11 is 1.43. The minimum atomic E-state index is -1.01. The van der Waals surface area contributed by atoms with E-state index >= 15 is 0 Å². The van der Waals surface area contributed by atoms with Gasteiger partial charge in [0.2, 0.25) is 0 Å². The van der Waals surface area contributed by atoms with Gasteiger partial charge in [0.15, 0.2) is 0 Å². The number of hydrogen-bond donors (Lipinski definition) is 2. The van der Waals surface area contributed by atoms with Gasteiger partial charge in [0, 0.05) is 4.88 Å². The van der Waals surface area contributed by atoms with Gasteiger partial charge in [-0.2, -0.15) is 0 Å². The number of rotatable bonds is 5. The number of carbonyl (C=O) groups excluding carboxylic acids is 1. The van der Waals surface area contributed by atoms with Crippen molar-refractivity contribution >= 4 is 23.2 Å². The molecule has 2 atom stereocenters. The monoisotopic (exact) mass is 270 g/mol. The Morgan fingerprint density at radius 2 is 2.06 bits per heavy atom. The lowest BCUT2D eigenvalue weighted by Crippen LogP contribution is -2.45. The van der Waals surface area contributed by atoms with Crippen LogP contribution in [0.4, 0.5) is 0 Å². The van der Waals surface area contributed by atoms with Gasteiger partial charge in [0.25, 0.3) is 5.91 Å². The highest BCUT2D eigenvalue weighted by atomic mass is 32.1. The van der Waals surface area contributed by atoms with E-state index in [4.69, 9.17) is 5.11 Å². The SMILES string of the molecule is CCC(C)C(NC(=O)c1nc(C)sc1C)C(=O)O. The van der Waals surface area contributed by atoms with E-state index in [1.54, 1.807) is 13.8 Å². The molecule has 1 rings (SSSR count). The summed E-state index contributed by atoms with van der Waals surface area (Å²) in [7, 11) is 0. The summed E-state index contributed by atoms with van der Waals surface area (Å²) in [5.41, 5.74) is 0.326. The van der Waals surface area contributed by atoms with Gasteiger partial charge in [-0.3, -0.25) is 4.79 Å². The van der Waals surface area contributed by atoms with Crippen LogP contribution in [0.25, 0.3) is 0 Å². The van der Waals surface area contributed by atoms with Gasteiger partial charge < -0.3 is 10.4 Å². The van der Waals surface area contributed by atoms with Crippen LogP contribution < -0.4 is 5.32 Å². The molecule has 1 aromatic heterocycles. The molecule has 1 heterocycles. The Morgan fingerprint density at radius 1 is 1.44 bits per heavy atom. The van der Waals surface area contributed by atoms with Crippen LogP contribution in [0.1, 0.15) is 40.6 Å². The maximum absolute atomic E-state index is 12.0. The molecule has 0 saturated heterocycles. The summed E-state index contributed by atoms with van der Waals surface area (Å²) in [6, 6.07) is -0.871. The largest absolute Gasteiger partial charge is 0.480 e. The summed E-state index contributed by atoms with van der Waals surface area (Å²) in [5.74, 6) is -1.54. The summed E-state index contributed by atoms with van der Waals surface area (Å²) in [6.45, 7) is 7.32. The molecule has 0 fully saturated rings. The van der Waals surface area contributed by atoms with Gasteiger partial charge in [-0.05, 0) is 19.8 Å². The van der Waals surface area contributed by atoms with Crippen LogP contribution in [0.5, 0.6) is 0 Å². The first-order valence-corrected chi connectivity index (χ1v) is 6.66. The van der Waals surface area contributed by atoms with Crippen LogP contribution in [0.3, 0.4) is 0 Å². The maximum atomic E-state index is 12.0. The van der Waals surface area contributed by atoms with Crippen molar-refractivity contribution in [1.82, 2.24) is 10.3 Å². The number of nitrogens with zero attached hydrogens (tertiary/aromatic N) is 1. The molecule has 0 aliphatic carbocycles. The fourth-order valence-corrected chi connectivity index (χ4v) is 2.45. The van der Waals surface area contributed by atoms with Crippen molar-refractivity contribution < 1.29 is 14.7 Å². The smallest absolute Gasteiger partial charge is 0.326 e. The molecule has 0 bridgehead atoms. The van der Waals surface area contributed by atoms with Gasteiger partial charge >= 0.3 is 5.97 Å². The van der Waals surface area contributed by atoms with Crippen LogP contribution in [0.2, 0.25) is 0 Å². The second-order valence-electron chi connectivity index (χ2n) is 4.31. The van der Waals surface area contributed by atoms with Crippen molar-refractivity contribution in [2.45, 2.75) is 40.2 Å². The first-order chi connectivity index (χ1) is 8.36. The molecule has 0 spiro atoms. The lowest BCUT2D eigenvalue weighted by molar-refractivity contribution is -0.140. The van der Waals surface area contributed by atoms with E-state index in [9.17, 15) is 9.59 Å². The third-order valence-corrected chi connectivity index (χ3v) is 3.77. The number of aliphatic carboxylic acids is 1. The Bertz CT molecular complexity index is 456. The van der Waals surface area contributed by atoms with Gasteiger partial charge in [0.05, 0.1) is 5.01 Å². The lowest BCUT2D eigenvalue weighted by atomic mass is 9.99. The molecule has 1 amide bonds. The van der Waals surface area contributed by atoms with Crippen LogP contribution >= 0.6 is 11.3 Å². The highest BCUT2D eigenvalue weighted by Crippen LogP contribution is 2.17. The molecule has 0 radical (unpaired) electrons. The number of nitrogens with one attached hydrogen (secondary N) is 1. The molecule has 6 heteroatoms. The number of carboxylic acid groups (broad SMARTS) is 1. The van der Waals surface area contributed by atoms with E-state index in [2.05, 4.69) is 10.3 Å². The predicted molar refractivity (Wildman–Crippen MR) is 69.9 cm³/mol. The highest BCUT2D eigenvalue weighted by molar-refractivity contribution is 7.11. The molecule has 0 aliphatic rings. The first kappa shape index (κ1) is 14.6. The van der Waals surface area contributed by atoms with E-state index < -0.39 is 17.9 Å². The minimum Gasteiger partial charge on any atom is -0.480 e. The molecular formula is C12H18N2O3S. The zero-order valence-corrected chi connectivity index (χ0v) is 11.8. The Morgan fingerprint density at radius 3 is 2.44 bits per heavy atom. The van der Waals surface area contributed by atoms with E-state index in [0.717, 1.165) is 9.88 Å². The quantitative estimate of drug-likeness (QED) is 0.857. The number of aryl methyl sites for hydroxylation is 2. The molecule has 0 aliphatic heterocycles. The van der Waals surface area contributed by atoms with Crippen molar-refractivity contribution in [2.75, 3.05) is 0 Å². The van der Waals surface area contributed by atoms with Crippen molar-refractivity contribution in [2.24, 2.45) is 5.92 Å². The zero-order valence-electron chi connectivity index (χ0n) is 11.0. The van der Waals surface area contributed by atoms with E-state index in [1.807, 2.05) is 13.8 Å². The number of thiazole rings is 1. The standard InChI is InChI=1S/C12H18N2O3S/c1-5-6(2)9(12(16)17)14-11(15)10-7(3)18-8(4)13-10/h6,9H,5H2,1-4H3,(H,14,15)(H,16,17). The van der Waals surface area contributed by atoms with Gasteiger partial charge in [-0.1, -0.05) is 20.3 Å². The first-order valence-electron chi connectivity index (χ1n) is 5.84. The summed E-state index contributed by atoms with van der Waals surface area (Å²) in [6.07, 6.45) is 0.687. The molecule has 2 N–H and O–H groups in total. The summed E-state index contributed by atoms with van der Waals surface area (Å²) in [5, 5.41) is 12.5. The van der Waals surface area contributed by atoms with Gasteiger partial charge in [0.1, 0.15) is 11.7 Å². The van der Waals surface area contributed by atoms with Gasteiger partial charge in [-0.25, -0.2) is 9.78 Å². The molecule has 0 aromatic carbocycles. The minimum absolute atomic E-state index is 0.119. The van der Waals surface area contributed by atoms with Crippen LogP contribution in [0, 0.1) is 19.8 Å². The maximum Gasteiger partial charge on any atom is 0.326 e. The molecule has 100 valence electrons. The average Bonchev–Trinajstić information content (AvgIpc) is 2.63. The second kappa shape index (κ2) is 5.95. The number of carboxylic acids is 1. The third kappa shape index (κ3) is 3.29. The average molecular weight is 270 g/mol. The molecule has 0 saturated carbocycles. The van der Waals surface area contributed by atoms with Crippen LogP contribution in [-0.2, 0) is 4.79 Å². The van der Waals surface area contributed by atoms with Crippen molar-refractivity contribution in [3.8, 4) is 0 Å². The van der Waals surface area contributed by atoms with Crippen molar-refractivity contribution in [3.05, 3.63) is 15.6 Å². The molecule has 1 aromatic rings. The Balaban J connectivity index is 2.85. The predicted octanol–water partition coefficient (Wildman–Crippen LogP) is 1.99. The van der Waals surface area contributed by atoms with Gasteiger partial charge in [-0.15, -0.1) is 11.3 Å². The van der Waals surface area contributed by atoms with E-state index in [1.165, 1.54) is 11.3 Å². The van der Waals surface area contributed by atoms with E-state index in [0.29, 0.717) is 12.1 Å². The fourth-order valence-electron chi connectivity index (χ4n) is 1.63. The van der Waals surface area contributed by atoms with Crippen molar-refractivity contribution in [3.63, 3.8) is 0 Å². The topological polar surface area (TPSA) is 79.3 Å². The summed E-state index contributed by atoms with van der Waals surface area (Å²) < 4.78 is 0. The number of hydrogen-bond acceptors (Lipinski definition) is 4. The van der Waals surface area contributed by atoms with Crippen molar-refractivity contribution in [1.29, 1.82) is 0 Å². The number of aromatic nitrogens is 1. The second-order valence-corrected chi connectivity index (χ2v) is 5.72. The van der Waals surface area contributed by atoms with Crippen LogP contribution in [0.15, 0.2) is 0 Å². The summed E-state index contributed by atoms with van der Waals surface area (Å²) in [4.78, 5) is 28.0. The number of carbonyl (C=O) groups is 2. The van der Waals surface area contributed by atoms with E-state index in [-0.39, 0.29) is 5.92 Å². The van der Waals surface area contributed by atoms with Crippen LogP contribution in [-0.4, -0.2) is 28.0 Å². The zero-order chi connectivity index (χ0) is 13.9. The Labute approximate surface area is 110 Å².